The van der Waals surface area contributed by atoms with Crippen LogP contribution < -0.4 is 5.73 Å². The SMILES string of the molecule is CCc1cc2c(I)csc2cc1N. The molecule has 1 heterocycles. The van der Waals surface area contributed by atoms with Crippen LogP contribution in [-0.4, -0.2) is 0 Å². The second-order valence-corrected chi connectivity index (χ2v) is 5.06. The van der Waals surface area contributed by atoms with Crippen LogP contribution >= 0.6 is 33.9 Å². The van der Waals surface area contributed by atoms with Crippen molar-refractivity contribution in [2.75, 3.05) is 5.73 Å². The highest BCUT2D eigenvalue weighted by molar-refractivity contribution is 14.1. The third-order valence-corrected chi connectivity index (χ3v) is 4.43. The van der Waals surface area contributed by atoms with Gasteiger partial charge in [0.15, 0.2) is 0 Å². The van der Waals surface area contributed by atoms with E-state index < -0.39 is 0 Å². The number of benzene rings is 1. The van der Waals surface area contributed by atoms with E-state index >= 15 is 0 Å². The van der Waals surface area contributed by atoms with Crippen LogP contribution in [0.2, 0.25) is 0 Å². The Morgan fingerprint density at radius 2 is 2.23 bits per heavy atom. The molecule has 13 heavy (non-hydrogen) atoms. The van der Waals surface area contributed by atoms with Crippen LogP contribution in [0.5, 0.6) is 0 Å². The van der Waals surface area contributed by atoms with E-state index in [9.17, 15) is 0 Å². The first-order chi connectivity index (χ1) is 6.22. The zero-order valence-electron chi connectivity index (χ0n) is 7.30. The molecule has 0 fully saturated rings. The van der Waals surface area contributed by atoms with Gasteiger partial charge in [-0.15, -0.1) is 11.3 Å². The average Bonchev–Trinajstić information content (AvgIpc) is 2.46. The fourth-order valence-electron chi connectivity index (χ4n) is 1.41. The highest BCUT2D eigenvalue weighted by atomic mass is 127. The molecule has 0 aliphatic heterocycles. The molecule has 0 saturated heterocycles. The van der Waals surface area contributed by atoms with E-state index in [-0.39, 0.29) is 0 Å². The average molecular weight is 303 g/mol. The Balaban J connectivity index is 2.77. The number of rotatable bonds is 1. The van der Waals surface area contributed by atoms with Crippen molar-refractivity contribution in [2.45, 2.75) is 13.3 Å². The van der Waals surface area contributed by atoms with Gasteiger partial charge in [-0.2, -0.15) is 0 Å². The Morgan fingerprint density at radius 3 is 2.92 bits per heavy atom. The number of thiophene rings is 1. The normalized spacial score (nSPS) is 10.9. The minimum atomic E-state index is 0.924. The Kier molecular flexibility index (Phi) is 2.47. The van der Waals surface area contributed by atoms with Crippen molar-refractivity contribution in [3.8, 4) is 0 Å². The molecule has 2 aromatic rings. The molecule has 1 nitrogen and oxygen atoms in total. The highest BCUT2D eigenvalue weighted by Gasteiger charge is 2.04. The molecule has 3 heteroatoms. The molecule has 68 valence electrons. The van der Waals surface area contributed by atoms with Crippen molar-refractivity contribution < 1.29 is 0 Å². The molecule has 0 unspecified atom stereocenters. The molecular formula is C10H10INS. The van der Waals surface area contributed by atoms with Gasteiger partial charge in [0.1, 0.15) is 0 Å². The van der Waals surface area contributed by atoms with Gasteiger partial charge in [0.25, 0.3) is 0 Å². The zero-order chi connectivity index (χ0) is 9.42. The van der Waals surface area contributed by atoms with Gasteiger partial charge in [-0.3, -0.25) is 0 Å². The quantitative estimate of drug-likeness (QED) is 0.631. The summed E-state index contributed by atoms with van der Waals surface area (Å²) in [6.07, 6.45) is 1.01. The summed E-state index contributed by atoms with van der Waals surface area (Å²) < 4.78 is 2.62. The van der Waals surface area contributed by atoms with Crippen LogP contribution in [0.3, 0.4) is 0 Å². The maximum Gasteiger partial charge on any atom is 0.0374 e. The molecule has 1 aromatic heterocycles. The summed E-state index contributed by atoms with van der Waals surface area (Å²) in [6, 6.07) is 4.30. The van der Waals surface area contributed by atoms with Gasteiger partial charge >= 0.3 is 0 Å². The minimum Gasteiger partial charge on any atom is -0.398 e. The lowest BCUT2D eigenvalue weighted by Gasteiger charge is -2.02. The minimum absolute atomic E-state index is 0.924. The van der Waals surface area contributed by atoms with Crippen LogP contribution in [0.15, 0.2) is 17.5 Å². The number of hydrogen-bond donors (Lipinski definition) is 1. The maximum atomic E-state index is 5.91. The molecular weight excluding hydrogens is 293 g/mol. The predicted octanol–water partition coefficient (Wildman–Crippen LogP) is 3.65. The van der Waals surface area contributed by atoms with Crippen LogP contribution in [0, 0.1) is 3.57 Å². The van der Waals surface area contributed by atoms with Crippen LogP contribution in [0.4, 0.5) is 5.69 Å². The smallest absolute Gasteiger partial charge is 0.0374 e. The first kappa shape index (κ1) is 9.27. The van der Waals surface area contributed by atoms with E-state index in [0.717, 1.165) is 12.1 Å². The predicted molar refractivity (Wildman–Crippen MR) is 68.3 cm³/mol. The number of nitrogen functional groups attached to an aromatic ring is 1. The molecule has 0 radical (unpaired) electrons. The second-order valence-electron chi connectivity index (χ2n) is 2.98. The largest absolute Gasteiger partial charge is 0.398 e. The Labute approximate surface area is 95.1 Å². The van der Waals surface area contributed by atoms with Gasteiger partial charge in [-0.05, 0) is 46.7 Å². The van der Waals surface area contributed by atoms with Gasteiger partial charge in [-0.1, -0.05) is 6.92 Å². The number of fused-ring (bicyclic) bond motifs is 1. The molecule has 2 rings (SSSR count). The van der Waals surface area contributed by atoms with Crippen molar-refractivity contribution in [1.82, 2.24) is 0 Å². The third-order valence-electron chi connectivity index (χ3n) is 2.17. The fraction of sp³-hybridized carbons (Fsp3) is 0.200. The lowest BCUT2D eigenvalue weighted by atomic mass is 10.1. The van der Waals surface area contributed by atoms with E-state index in [1.54, 1.807) is 11.3 Å². The van der Waals surface area contributed by atoms with Crippen molar-refractivity contribution in [3.05, 3.63) is 26.6 Å². The van der Waals surface area contributed by atoms with Crippen LogP contribution in [0.25, 0.3) is 10.1 Å². The Hall–Kier alpha value is -0.290. The van der Waals surface area contributed by atoms with Gasteiger partial charge in [-0.25, -0.2) is 0 Å². The number of nitrogens with two attached hydrogens (primary N) is 1. The van der Waals surface area contributed by atoms with Gasteiger partial charge in [0.2, 0.25) is 0 Å². The molecule has 0 spiro atoms. The van der Waals surface area contributed by atoms with Gasteiger partial charge in [0.05, 0.1) is 0 Å². The number of hydrogen-bond acceptors (Lipinski definition) is 2. The standard InChI is InChI=1S/C10H10INS/c1-2-6-3-7-8(11)5-13-10(7)4-9(6)12/h3-5H,2,12H2,1H3. The molecule has 0 aliphatic rings. The van der Waals surface area contributed by atoms with Gasteiger partial charge < -0.3 is 5.73 Å². The first-order valence-electron chi connectivity index (χ1n) is 4.17. The monoisotopic (exact) mass is 303 g/mol. The third kappa shape index (κ3) is 1.55. The summed E-state index contributed by atoms with van der Waals surface area (Å²) in [7, 11) is 0. The summed E-state index contributed by atoms with van der Waals surface area (Å²) >= 11 is 4.13. The molecule has 0 amide bonds. The topological polar surface area (TPSA) is 26.0 Å². The molecule has 0 aliphatic carbocycles. The lowest BCUT2D eigenvalue weighted by Crippen LogP contribution is -1.91. The Morgan fingerprint density at radius 1 is 1.46 bits per heavy atom. The number of aryl methyl sites for hydroxylation is 1. The summed E-state index contributed by atoms with van der Waals surface area (Å²) in [6.45, 7) is 2.14. The van der Waals surface area contributed by atoms with Crippen LogP contribution in [-0.2, 0) is 6.42 Å². The fourth-order valence-corrected chi connectivity index (χ4v) is 3.27. The van der Waals surface area contributed by atoms with E-state index in [2.05, 4.69) is 47.0 Å². The summed E-state index contributed by atoms with van der Waals surface area (Å²) in [5.41, 5.74) is 8.09. The molecule has 0 atom stereocenters. The molecule has 0 bridgehead atoms. The summed E-state index contributed by atoms with van der Waals surface area (Å²) in [4.78, 5) is 0. The van der Waals surface area contributed by atoms with Crippen LogP contribution in [0.1, 0.15) is 12.5 Å². The van der Waals surface area contributed by atoms with Crippen molar-refractivity contribution in [2.24, 2.45) is 0 Å². The van der Waals surface area contributed by atoms with Crippen molar-refractivity contribution >= 4 is 49.7 Å². The zero-order valence-corrected chi connectivity index (χ0v) is 10.3. The van der Waals surface area contributed by atoms with Gasteiger partial charge in [0, 0.05) is 24.7 Å². The maximum absolute atomic E-state index is 5.91. The van der Waals surface area contributed by atoms with E-state index in [4.69, 9.17) is 5.73 Å². The number of halogens is 1. The number of anilines is 1. The molecule has 0 saturated carbocycles. The molecule has 1 aromatic carbocycles. The van der Waals surface area contributed by atoms with E-state index in [0.29, 0.717) is 0 Å². The van der Waals surface area contributed by atoms with E-state index in [1.807, 2.05) is 0 Å². The van der Waals surface area contributed by atoms with Crippen molar-refractivity contribution in [1.29, 1.82) is 0 Å². The lowest BCUT2D eigenvalue weighted by molar-refractivity contribution is 1.15. The summed E-state index contributed by atoms with van der Waals surface area (Å²) in [5, 5.41) is 3.51. The van der Waals surface area contributed by atoms with Crippen molar-refractivity contribution in [3.63, 3.8) is 0 Å². The summed E-state index contributed by atoms with van der Waals surface area (Å²) in [5.74, 6) is 0. The Bertz CT molecular complexity index is 447. The molecule has 2 N–H and O–H groups in total. The first-order valence-corrected chi connectivity index (χ1v) is 6.13. The second kappa shape index (κ2) is 3.46. The van der Waals surface area contributed by atoms with E-state index in [1.165, 1.54) is 19.2 Å². The highest BCUT2D eigenvalue weighted by Crippen LogP contribution is 2.31.